The van der Waals surface area contributed by atoms with E-state index in [0.717, 1.165) is 11.3 Å². The molecule has 0 aliphatic carbocycles. The Balaban J connectivity index is 1.24. The number of carbonyl (C=O) groups excluding carboxylic acids is 1. The van der Waals surface area contributed by atoms with Gasteiger partial charge in [0.2, 0.25) is 10.0 Å². The van der Waals surface area contributed by atoms with Crippen LogP contribution in [0.2, 0.25) is 0 Å². The molecule has 0 bridgehead atoms. The lowest BCUT2D eigenvalue weighted by molar-refractivity contribution is -0.170. The van der Waals surface area contributed by atoms with Gasteiger partial charge >= 0.3 is 12.1 Å². The van der Waals surface area contributed by atoms with Crippen molar-refractivity contribution in [3.8, 4) is 17.0 Å². The lowest BCUT2D eigenvalue weighted by atomic mass is 10.1. The second-order valence-electron chi connectivity index (χ2n) is 8.89. The molecule has 38 heavy (non-hydrogen) atoms. The van der Waals surface area contributed by atoms with E-state index in [1.165, 1.54) is 22.5 Å². The van der Waals surface area contributed by atoms with Gasteiger partial charge in [0.05, 0.1) is 17.7 Å². The van der Waals surface area contributed by atoms with Gasteiger partial charge in [0.15, 0.2) is 5.82 Å². The van der Waals surface area contributed by atoms with E-state index < -0.39 is 22.1 Å². The predicted molar refractivity (Wildman–Crippen MR) is 134 cm³/mol. The molecule has 3 aromatic rings. The Bertz CT molecular complexity index is 1440. The topological polar surface area (TPSA) is 95.9 Å². The van der Waals surface area contributed by atoms with Crippen LogP contribution in [0.1, 0.15) is 5.56 Å². The third kappa shape index (κ3) is 4.90. The number of rotatable bonds is 5. The van der Waals surface area contributed by atoms with Crippen molar-refractivity contribution in [1.82, 2.24) is 14.5 Å². The van der Waals surface area contributed by atoms with E-state index in [1.807, 2.05) is 41.3 Å². The maximum atomic E-state index is 13.3. The number of nitrogens with zero attached hydrogens (tertiary/aromatic N) is 5. The molecule has 3 heterocycles. The molecule has 0 N–H and O–H groups in total. The summed E-state index contributed by atoms with van der Waals surface area (Å²) in [5.74, 6) is -0.584. The molecule has 0 saturated carbocycles. The van der Waals surface area contributed by atoms with Gasteiger partial charge < -0.3 is 14.5 Å². The van der Waals surface area contributed by atoms with E-state index in [4.69, 9.17) is 4.74 Å². The molecule has 1 fully saturated rings. The van der Waals surface area contributed by atoms with Crippen molar-refractivity contribution in [3.63, 3.8) is 0 Å². The Kier molecular flexibility index (Phi) is 6.73. The Morgan fingerprint density at radius 3 is 2.24 bits per heavy atom. The van der Waals surface area contributed by atoms with Crippen LogP contribution in [0.3, 0.4) is 0 Å². The second kappa shape index (κ2) is 9.87. The molecule has 2 aromatic carbocycles. The van der Waals surface area contributed by atoms with Crippen LogP contribution in [-0.2, 0) is 21.2 Å². The van der Waals surface area contributed by atoms with Crippen LogP contribution >= 0.6 is 0 Å². The Labute approximate surface area is 217 Å². The monoisotopic (exact) mass is 547 g/mol. The van der Waals surface area contributed by atoms with Crippen molar-refractivity contribution in [3.05, 3.63) is 60.2 Å². The first-order valence-corrected chi connectivity index (χ1v) is 13.3. The number of amides is 1. The lowest BCUT2D eigenvalue weighted by Crippen LogP contribution is -2.49. The van der Waals surface area contributed by atoms with Crippen molar-refractivity contribution < 1.29 is 31.1 Å². The molecule has 1 aromatic heterocycles. The molecule has 0 unspecified atom stereocenters. The molecule has 2 aliphatic rings. The fourth-order valence-corrected chi connectivity index (χ4v) is 6.09. The highest BCUT2D eigenvalue weighted by Gasteiger charge is 2.45. The van der Waals surface area contributed by atoms with E-state index in [9.17, 15) is 26.4 Å². The average Bonchev–Trinajstić information content (AvgIpc) is 3.35. The summed E-state index contributed by atoms with van der Waals surface area (Å²) in [6.45, 7) is 1.07. The number of hydrogen-bond acceptors (Lipinski definition) is 7. The quantitative estimate of drug-likeness (QED) is 0.484. The van der Waals surface area contributed by atoms with Gasteiger partial charge in [-0.2, -0.15) is 17.5 Å². The minimum Gasteiger partial charge on any atom is -0.497 e. The zero-order chi connectivity index (χ0) is 27.1. The van der Waals surface area contributed by atoms with Crippen LogP contribution in [-0.4, -0.2) is 74.8 Å². The van der Waals surface area contributed by atoms with E-state index in [2.05, 4.69) is 10.2 Å². The fraction of sp³-hybridized carbons (Fsp3) is 0.320. The van der Waals surface area contributed by atoms with Crippen LogP contribution in [0.5, 0.6) is 5.75 Å². The highest BCUT2D eigenvalue weighted by Crippen LogP contribution is 2.34. The summed E-state index contributed by atoms with van der Waals surface area (Å²) in [7, 11) is -2.27. The number of sulfonamides is 1. The highest BCUT2D eigenvalue weighted by molar-refractivity contribution is 7.89. The molecule has 9 nitrogen and oxygen atoms in total. The molecule has 5 rings (SSSR count). The number of carbonyl (C=O) groups is 1. The molecular weight excluding hydrogens is 523 g/mol. The highest BCUT2D eigenvalue weighted by atomic mass is 32.2. The Morgan fingerprint density at radius 1 is 0.921 bits per heavy atom. The number of methoxy groups -OCH3 is 1. The smallest absolute Gasteiger partial charge is 0.471 e. The maximum absolute atomic E-state index is 13.3. The average molecular weight is 548 g/mol. The summed E-state index contributed by atoms with van der Waals surface area (Å²) >= 11 is 0. The number of hydrogen-bond donors (Lipinski definition) is 0. The van der Waals surface area contributed by atoms with Crippen molar-refractivity contribution >= 4 is 27.4 Å². The zero-order valence-corrected chi connectivity index (χ0v) is 21.2. The van der Waals surface area contributed by atoms with E-state index >= 15 is 0 Å². The van der Waals surface area contributed by atoms with Gasteiger partial charge in [0, 0.05) is 44.0 Å². The molecule has 1 amide bonds. The van der Waals surface area contributed by atoms with Gasteiger partial charge in [-0.15, -0.1) is 10.2 Å². The molecule has 0 atom stereocenters. The molecular formula is C25H24F3N5O4S. The van der Waals surface area contributed by atoms with Gasteiger partial charge in [-0.3, -0.25) is 4.79 Å². The maximum Gasteiger partial charge on any atom is 0.471 e. The fourth-order valence-electron chi connectivity index (χ4n) is 4.62. The summed E-state index contributed by atoms with van der Waals surface area (Å²) in [6, 6.07) is 15.0. The SMILES string of the molecule is COc1ccc(-c2ccc(N3CCN(S(=O)(=O)c4ccc5c(c4)CCN5C(=O)C(F)(F)F)CC3)nn2)cc1. The Morgan fingerprint density at radius 2 is 1.63 bits per heavy atom. The summed E-state index contributed by atoms with van der Waals surface area (Å²) in [5, 5.41) is 8.61. The number of fused-ring (bicyclic) bond motifs is 1. The first kappa shape index (κ1) is 25.9. The number of ether oxygens (including phenoxy) is 1. The summed E-state index contributed by atoms with van der Waals surface area (Å²) in [5.41, 5.74) is 2.08. The summed E-state index contributed by atoms with van der Waals surface area (Å²) in [4.78, 5) is 14.3. The largest absolute Gasteiger partial charge is 0.497 e. The number of aromatic nitrogens is 2. The number of halogens is 3. The molecule has 200 valence electrons. The molecule has 13 heteroatoms. The normalized spacial score (nSPS) is 16.4. The minimum absolute atomic E-state index is 0.00496. The molecule has 2 aliphatic heterocycles. The number of alkyl halides is 3. The van der Waals surface area contributed by atoms with Gasteiger partial charge in [-0.25, -0.2) is 8.42 Å². The number of benzene rings is 2. The molecule has 1 saturated heterocycles. The van der Waals surface area contributed by atoms with Crippen LogP contribution < -0.4 is 14.5 Å². The van der Waals surface area contributed by atoms with E-state index in [0.29, 0.717) is 35.1 Å². The third-order valence-electron chi connectivity index (χ3n) is 6.67. The zero-order valence-electron chi connectivity index (χ0n) is 20.3. The van der Waals surface area contributed by atoms with Crippen molar-refractivity contribution in [2.45, 2.75) is 17.5 Å². The first-order valence-electron chi connectivity index (χ1n) is 11.8. The third-order valence-corrected chi connectivity index (χ3v) is 8.57. The molecule has 0 spiro atoms. The van der Waals surface area contributed by atoms with Crippen LogP contribution in [0.4, 0.5) is 24.7 Å². The van der Waals surface area contributed by atoms with Crippen molar-refractivity contribution in [1.29, 1.82) is 0 Å². The van der Waals surface area contributed by atoms with Crippen LogP contribution in [0.25, 0.3) is 11.3 Å². The lowest BCUT2D eigenvalue weighted by Gasteiger charge is -2.34. The molecule has 0 radical (unpaired) electrons. The van der Waals surface area contributed by atoms with E-state index in [1.54, 1.807) is 7.11 Å². The van der Waals surface area contributed by atoms with Gasteiger partial charge in [0.1, 0.15) is 5.75 Å². The van der Waals surface area contributed by atoms with Gasteiger partial charge in [-0.1, -0.05) is 0 Å². The van der Waals surface area contributed by atoms with Crippen LogP contribution in [0.15, 0.2) is 59.5 Å². The first-order chi connectivity index (χ1) is 18.1. The Hall–Kier alpha value is -3.71. The van der Waals surface area contributed by atoms with E-state index in [-0.39, 0.29) is 36.6 Å². The van der Waals surface area contributed by atoms with Crippen molar-refractivity contribution in [2.24, 2.45) is 0 Å². The number of anilines is 2. The minimum atomic E-state index is -4.99. The summed E-state index contributed by atoms with van der Waals surface area (Å²) in [6.07, 6.45) is -4.84. The summed E-state index contributed by atoms with van der Waals surface area (Å²) < 4.78 is 71.7. The standard InChI is InChI=1S/C25H24F3N5O4S/c1-37-19-4-2-17(3-5-19)21-7-9-23(30-29-21)31-12-14-32(15-13-31)38(35,36)20-6-8-22-18(16-20)10-11-33(22)24(34)25(26,27)28/h2-9,16H,10-15H2,1H3. The number of piperazine rings is 1. The van der Waals surface area contributed by atoms with Crippen molar-refractivity contribution in [2.75, 3.05) is 49.6 Å². The van der Waals surface area contributed by atoms with Gasteiger partial charge in [-0.05, 0) is 66.6 Å². The second-order valence-corrected chi connectivity index (χ2v) is 10.8. The van der Waals surface area contributed by atoms with Crippen LogP contribution in [0, 0.1) is 0 Å². The van der Waals surface area contributed by atoms with Gasteiger partial charge in [0.25, 0.3) is 0 Å². The predicted octanol–water partition coefficient (Wildman–Crippen LogP) is 3.11.